The van der Waals surface area contributed by atoms with E-state index in [4.69, 9.17) is 16.7 Å². The fourth-order valence-electron chi connectivity index (χ4n) is 2.79. The van der Waals surface area contributed by atoms with Gasteiger partial charge in [-0.3, -0.25) is 9.59 Å². The van der Waals surface area contributed by atoms with Gasteiger partial charge in [0.2, 0.25) is 5.91 Å². The van der Waals surface area contributed by atoms with Crippen LogP contribution in [0.25, 0.3) is 0 Å². The topological polar surface area (TPSA) is 66.4 Å². The number of carboxylic acid groups (broad SMARTS) is 1. The fraction of sp³-hybridized carbons (Fsp3) is 0.300. The van der Waals surface area contributed by atoms with Gasteiger partial charge < -0.3 is 10.4 Å². The molecule has 4 nitrogen and oxygen atoms in total. The van der Waals surface area contributed by atoms with Gasteiger partial charge in [-0.25, -0.2) is 0 Å². The third kappa shape index (κ3) is 6.24. The van der Waals surface area contributed by atoms with Crippen LogP contribution in [0.4, 0.5) is 0 Å². The Morgan fingerprint density at radius 3 is 2.40 bits per heavy atom. The van der Waals surface area contributed by atoms with Gasteiger partial charge in [0.25, 0.3) is 0 Å². The molecule has 0 aromatic heterocycles. The summed E-state index contributed by atoms with van der Waals surface area (Å²) in [7, 11) is 0. The van der Waals surface area contributed by atoms with E-state index in [9.17, 15) is 9.59 Å². The van der Waals surface area contributed by atoms with E-state index in [1.54, 1.807) is 12.1 Å². The third-order valence-corrected chi connectivity index (χ3v) is 4.28. The third-order valence-electron chi connectivity index (χ3n) is 4.03. The zero-order valence-electron chi connectivity index (χ0n) is 14.4. The SMILES string of the molecule is Cc1ccc(CC(=O)NC(CC(=O)O)Cc2ccc(Cl)cc2)c(C)c1. The Morgan fingerprint density at radius 2 is 1.80 bits per heavy atom. The Balaban J connectivity index is 2.03. The van der Waals surface area contributed by atoms with Crippen LogP contribution in [-0.4, -0.2) is 23.0 Å². The average molecular weight is 360 g/mol. The standard InChI is InChI=1S/C20H22ClNO3/c1-13-3-6-16(14(2)9-13)11-19(23)22-18(12-20(24)25)10-15-4-7-17(21)8-5-15/h3-9,18H,10-12H2,1-2H3,(H,22,23)(H,24,25). The maximum absolute atomic E-state index is 12.4. The van der Waals surface area contributed by atoms with E-state index >= 15 is 0 Å². The largest absolute Gasteiger partial charge is 0.481 e. The summed E-state index contributed by atoms with van der Waals surface area (Å²) in [6.07, 6.45) is 0.562. The van der Waals surface area contributed by atoms with Crippen LogP contribution in [0.2, 0.25) is 5.02 Å². The van der Waals surface area contributed by atoms with Crippen LogP contribution in [0, 0.1) is 13.8 Å². The number of aryl methyl sites for hydroxylation is 2. The lowest BCUT2D eigenvalue weighted by Crippen LogP contribution is -2.39. The van der Waals surface area contributed by atoms with E-state index in [2.05, 4.69) is 5.32 Å². The monoisotopic (exact) mass is 359 g/mol. The Labute approximate surface area is 152 Å². The first-order valence-corrected chi connectivity index (χ1v) is 8.53. The van der Waals surface area contributed by atoms with Crippen LogP contribution in [0.3, 0.4) is 0 Å². The lowest BCUT2D eigenvalue weighted by atomic mass is 10.0. The predicted octanol–water partition coefficient (Wildman–Crippen LogP) is 3.70. The molecule has 2 aromatic carbocycles. The maximum Gasteiger partial charge on any atom is 0.305 e. The van der Waals surface area contributed by atoms with Crippen molar-refractivity contribution in [3.63, 3.8) is 0 Å². The number of hydrogen-bond donors (Lipinski definition) is 2. The van der Waals surface area contributed by atoms with Gasteiger partial charge in [0, 0.05) is 11.1 Å². The molecule has 1 amide bonds. The number of carbonyl (C=O) groups is 2. The van der Waals surface area contributed by atoms with Crippen molar-refractivity contribution >= 4 is 23.5 Å². The quantitative estimate of drug-likeness (QED) is 0.792. The number of halogens is 1. The molecule has 2 aromatic rings. The van der Waals surface area contributed by atoms with E-state index in [0.717, 1.165) is 22.3 Å². The summed E-state index contributed by atoms with van der Waals surface area (Å²) in [6, 6.07) is 12.7. The summed E-state index contributed by atoms with van der Waals surface area (Å²) in [5.41, 5.74) is 4.09. The van der Waals surface area contributed by atoms with Crippen molar-refractivity contribution in [1.29, 1.82) is 0 Å². The highest BCUT2D eigenvalue weighted by atomic mass is 35.5. The van der Waals surface area contributed by atoms with Crippen LogP contribution >= 0.6 is 11.6 Å². The van der Waals surface area contributed by atoms with Crippen molar-refractivity contribution in [1.82, 2.24) is 5.32 Å². The molecule has 1 unspecified atom stereocenters. The molecule has 0 heterocycles. The predicted molar refractivity (Wildman–Crippen MR) is 99.0 cm³/mol. The highest BCUT2D eigenvalue weighted by Crippen LogP contribution is 2.14. The molecule has 1 atom stereocenters. The summed E-state index contributed by atoms with van der Waals surface area (Å²) in [4.78, 5) is 23.5. The van der Waals surface area contributed by atoms with Crippen molar-refractivity contribution in [2.45, 2.75) is 39.2 Å². The fourth-order valence-corrected chi connectivity index (χ4v) is 2.91. The first kappa shape index (κ1) is 19.0. The lowest BCUT2D eigenvalue weighted by Gasteiger charge is -2.18. The first-order valence-electron chi connectivity index (χ1n) is 8.15. The normalized spacial score (nSPS) is 11.8. The number of rotatable bonds is 7. The van der Waals surface area contributed by atoms with Crippen molar-refractivity contribution in [2.24, 2.45) is 0 Å². The first-order chi connectivity index (χ1) is 11.8. The van der Waals surface area contributed by atoms with E-state index in [-0.39, 0.29) is 18.7 Å². The van der Waals surface area contributed by atoms with E-state index < -0.39 is 12.0 Å². The van der Waals surface area contributed by atoms with Crippen LogP contribution in [0.5, 0.6) is 0 Å². The molecule has 0 bridgehead atoms. The van der Waals surface area contributed by atoms with Crippen LogP contribution in [-0.2, 0) is 22.4 Å². The van der Waals surface area contributed by atoms with Crippen molar-refractivity contribution in [2.75, 3.05) is 0 Å². The van der Waals surface area contributed by atoms with Gasteiger partial charge >= 0.3 is 5.97 Å². The van der Waals surface area contributed by atoms with E-state index in [0.29, 0.717) is 11.4 Å². The van der Waals surface area contributed by atoms with Gasteiger partial charge in [0.15, 0.2) is 0 Å². The van der Waals surface area contributed by atoms with Crippen molar-refractivity contribution < 1.29 is 14.7 Å². The molecule has 0 saturated heterocycles. The maximum atomic E-state index is 12.4. The molecular formula is C20H22ClNO3. The second-order valence-corrected chi connectivity index (χ2v) is 6.74. The molecule has 132 valence electrons. The molecule has 0 saturated carbocycles. The minimum Gasteiger partial charge on any atom is -0.481 e. The zero-order chi connectivity index (χ0) is 18.4. The number of carbonyl (C=O) groups excluding carboxylic acids is 1. The van der Waals surface area contributed by atoms with Crippen LogP contribution < -0.4 is 5.32 Å². The molecule has 0 aliphatic carbocycles. The molecular weight excluding hydrogens is 338 g/mol. The highest BCUT2D eigenvalue weighted by molar-refractivity contribution is 6.30. The molecule has 0 spiro atoms. The smallest absolute Gasteiger partial charge is 0.305 e. The summed E-state index contributed by atoms with van der Waals surface area (Å²) in [5, 5.41) is 12.6. The van der Waals surface area contributed by atoms with Gasteiger partial charge in [0.1, 0.15) is 0 Å². The molecule has 25 heavy (non-hydrogen) atoms. The van der Waals surface area contributed by atoms with Crippen molar-refractivity contribution in [3.8, 4) is 0 Å². The number of carboxylic acids is 1. The zero-order valence-corrected chi connectivity index (χ0v) is 15.1. The number of hydrogen-bond acceptors (Lipinski definition) is 2. The van der Waals surface area contributed by atoms with Crippen LogP contribution in [0.15, 0.2) is 42.5 Å². The molecule has 0 fully saturated rings. The minimum absolute atomic E-state index is 0.124. The number of benzene rings is 2. The van der Waals surface area contributed by atoms with Crippen molar-refractivity contribution in [3.05, 3.63) is 69.7 Å². The van der Waals surface area contributed by atoms with E-state index in [1.165, 1.54) is 0 Å². The Hall–Kier alpha value is -2.33. The Kier molecular flexibility index (Phi) is 6.59. The van der Waals surface area contributed by atoms with Gasteiger partial charge in [-0.15, -0.1) is 0 Å². The average Bonchev–Trinajstić information content (AvgIpc) is 2.51. The molecule has 0 aliphatic heterocycles. The Bertz CT molecular complexity index is 756. The molecule has 0 aliphatic rings. The number of amides is 1. The summed E-state index contributed by atoms with van der Waals surface area (Å²) in [5.74, 6) is -1.11. The molecule has 2 rings (SSSR count). The van der Waals surface area contributed by atoms with Crippen LogP contribution in [0.1, 0.15) is 28.7 Å². The summed E-state index contributed by atoms with van der Waals surface area (Å²) < 4.78 is 0. The van der Waals surface area contributed by atoms with E-state index in [1.807, 2.05) is 44.2 Å². The summed E-state index contributed by atoms with van der Waals surface area (Å²) >= 11 is 5.87. The molecule has 0 radical (unpaired) electrons. The van der Waals surface area contributed by atoms with Gasteiger partial charge in [-0.05, 0) is 49.1 Å². The number of nitrogens with one attached hydrogen (secondary N) is 1. The highest BCUT2D eigenvalue weighted by Gasteiger charge is 2.17. The lowest BCUT2D eigenvalue weighted by molar-refractivity contribution is -0.137. The summed E-state index contributed by atoms with van der Waals surface area (Å²) in [6.45, 7) is 3.98. The molecule has 2 N–H and O–H groups in total. The second kappa shape index (κ2) is 8.67. The van der Waals surface area contributed by atoms with Gasteiger partial charge in [0.05, 0.1) is 12.8 Å². The van der Waals surface area contributed by atoms with Gasteiger partial charge in [-0.1, -0.05) is 47.5 Å². The minimum atomic E-state index is -0.939. The Morgan fingerprint density at radius 1 is 1.12 bits per heavy atom. The molecule has 5 heteroatoms. The number of aliphatic carboxylic acids is 1. The second-order valence-electron chi connectivity index (χ2n) is 6.30. The van der Waals surface area contributed by atoms with Gasteiger partial charge in [-0.2, -0.15) is 0 Å².